The zero-order chi connectivity index (χ0) is 15.1. The van der Waals surface area contributed by atoms with Crippen molar-refractivity contribution in [3.05, 3.63) is 24.0 Å². The zero-order valence-corrected chi connectivity index (χ0v) is 11.9. The highest BCUT2D eigenvalue weighted by atomic mass is 19.1. The maximum absolute atomic E-state index is 12.9. The molecule has 20 heavy (non-hydrogen) atoms. The summed E-state index contributed by atoms with van der Waals surface area (Å²) in [6.45, 7) is 4.90. The molecule has 1 aromatic carbocycles. The quantitative estimate of drug-likeness (QED) is 0.662. The first kappa shape index (κ1) is 16.4. The van der Waals surface area contributed by atoms with Gasteiger partial charge in [0.15, 0.2) is 0 Å². The molecule has 112 valence electrons. The molecule has 0 spiro atoms. The van der Waals surface area contributed by atoms with Crippen LogP contribution >= 0.6 is 0 Å². The van der Waals surface area contributed by atoms with Gasteiger partial charge < -0.3 is 16.2 Å². The van der Waals surface area contributed by atoms with E-state index in [0.717, 1.165) is 0 Å². The standard InChI is InChI=1S/C14H22FN3O2/c1-10(2)18(6-3-7-19)9-14(20)17-13-5-4-11(15)8-12(13)16/h4-5,8,10,19H,3,6-7,9,16H2,1-2H3,(H,17,20). The van der Waals surface area contributed by atoms with Crippen LogP contribution in [0.25, 0.3) is 0 Å². The van der Waals surface area contributed by atoms with Gasteiger partial charge in [0.1, 0.15) is 5.82 Å². The topological polar surface area (TPSA) is 78.6 Å². The first-order valence-electron chi connectivity index (χ1n) is 6.63. The van der Waals surface area contributed by atoms with Crippen molar-refractivity contribution in [2.24, 2.45) is 0 Å². The lowest BCUT2D eigenvalue weighted by atomic mass is 10.2. The second-order valence-corrected chi connectivity index (χ2v) is 4.92. The molecule has 0 saturated heterocycles. The molecule has 5 nitrogen and oxygen atoms in total. The molecule has 0 aliphatic heterocycles. The Morgan fingerprint density at radius 3 is 2.75 bits per heavy atom. The summed E-state index contributed by atoms with van der Waals surface area (Å²) in [6, 6.07) is 4.05. The predicted molar refractivity (Wildman–Crippen MR) is 77.9 cm³/mol. The molecule has 0 fully saturated rings. The number of carbonyl (C=O) groups is 1. The van der Waals surface area contributed by atoms with Crippen LogP contribution in [0.4, 0.5) is 15.8 Å². The summed E-state index contributed by atoms with van der Waals surface area (Å²) in [7, 11) is 0. The second kappa shape index (κ2) is 7.81. The number of anilines is 2. The molecule has 1 rings (SSSR count). The van der Waals surface area contributed by atoms with Crippen LogP contribution in [0.3, 0.4) is 0 Å². The molecule has 0 atom stereocenters. The average molecular weight is 283 g/mol. The Kier molecular flexibility index (Phi) is 6.41. The van der Waals surface area contributed by atoms with Crippen molar-refractivity contribution in [3.63, 3.8) is 0 Å². The smallest absolute Gasteiger partial charge is 0.238 e. The van der Waals surface area contributed by atoms with E-state index in [9.17, 15) is 9.18 Å². The van der Waals surface area contributed by atoms with E-state index < -0.39 is 5.82 Å². The Labute approximate surface area is 118 Å². The van der Waals surface area contributed by atoms with Gasteiger partial charge in [-0.1, -0.05) is 0 Å². The molecule has 4 N–H and O–H groups in total. The predicted octanol–water partition coefficient (Wildman–Crippen LogP) is 1.44. The minimum Gasteiger partial charge on any atom is -0.397 e. The Hall–Kier alpha value is -1.66. The monoisotopic (exact) mass is 283 g/mol. The van der Waals surface area contributed by atoms with E-state index in [1.165, 1.54) is 18.2 Å². The van der Waals surface area contributed by atoms with Crippen LogP contribution in [0.15, 0.2) is 18.2 Å². The van der Waals surface area contributed by atoms with Gasteiger partial charge in [-0.25, -0.2) is 4.39 Å². The van der Waals surface area contributed by atoms with Crippen molar-refractivity contribution in [3.8, 4) is 0 Å². The van der Waals surface area contributed by atoms with Crippen molar-refractivity contribution >= 4 is 17.3 Å². The number of aliphatic hydroxyl groups excluding tert-OH is 1. The van der Waals surface area contributed by atoms with E-state index in [0.29, 0.717) is 18.7 Å². The highest BCUT2D eigenvalue weighted by Gasteiger charge is 2.14. The van der Waals surface area contributed by atoms with E-state index in [-0.39, 0.29) is 30.8 Å². The van der Waals surface area contributed by atoms with E-state index >= 15 is 0 Å². The third kappa shape index (κ3) is 5.14. The van der Waals surface area contributed by atoms with Crippen LogP contribution < -0.4 is 11.1 Å². The van der Waals surface area contributed by atoms with Gasteiger partial charge >= 0.3 is 0 Å². The number of hydrogen-bond donors (Lipinski definition) is 3. The highest BCUT2D eigenvalue weighted by Crippen LogP contribution is 2.19. The van der Waals surface area contributed by atoms with Crippen molar-refractivity contribution in [2.75, 3.05) is 30.7 Å². The molecule has 0 unspecified atom stereocenters. The summed E-state index contributed by atoms with van der Waals surface area (Å²) in [4.78, 5) is 13.9. The largest absolute Gasteiger partial charge is 0.397 e. The van der Waals surface area contributed by atoms with E-state index in [2.05, 4.69) is 5.32 Å². The second-order valence-electron chi connectivity index (χ2n) is 4.92. The fourth-order valence-corrected chi connectivity index (χ4v) is 1.82. The lowest BCUT2D eigenvalue weighted by molar-refractivity contribution is -0.117. The molecular formula is C14H22FN3O2. The summed E-state index contributed by atoms with van der Waals surface area (Å²) in [5.74, 6) is -0.651. The first-order chi connectivity index (χ1) is 9.43. The number of nitrogen functional groups attached to an aromatic ring is 1. The van der Waals surface area contributed by atoms with Gasteiger partial charge in [-0.15, -0.1) is 0 Å². The number of benzene rings is 1. The van der Waals surface area contributed by atoms with Crippen LogP contribution in [0.1, 0.15) is 20.3 Å². The summed E-state index contributed by atoms with van der Waals surface area (Å²) in [5.41, 5.74) is 6.24. The van der Waals surface area contributed by atoms with Crippen molar-refractivity contribution in [1.82, 2.24) is 4.90 Å². The summed E-state index contributed by atoms with van der Waals surface area (Å²) >= 11 is 0. The highest BCUT2D eigenvalue weighted by molar-refractivity contribution is 5.95. The van der Waals surface area contributed by atoms with Crippen LogP contribution in [-0.4, -0.2) is 41.7 Å². The van der Waals surface area contributed by atoms with Crippen molar-refractivity contribution in [1.29, 1.82) is 0 Å². The normalized spacial score (nSPS) is 11.1. The average Bonchev–Trinajstić information content (AvgIpc) is 2.37. The Balaban J connectivity index is 2.61. The molecule has 0 saturated carbocycles. The number of amides is 1. The molecule has 0 bridgehead atoms. The number of rotatable bonds is 7. The number of hydrogen-bond acceptors (Lipinski definition) is 4. The van der Waals surface area contributed by atoms with Gasteiger partial charge in [0, 0.05) is 19.2 Å². The van der Waals surface area contributed by atoms with Gasteiger partial charge in [0.2, 0.25) is 5.91 Å². The number of nitrogens with one attached hydrogen (secondary N) is 1. The molecule has 0 aliphatic rings. The molecule has 0 heterocycles. The van der Waals surface area contributed by atoms with Crippen LogP contribution in [-0.2, 0) is 4.79 Å². The minimum absolute atomic E-state index is 0.0930. The lowest BCUT2D eigenvalue weighted by Gasteiger charge is -2.25. The molecule has 6 heteroatoms. The van der Waals surface area contributed by atoms with Crippen LogP contribution in [0.5, 0.6) is 0 Å². The SMILES string of the molecule is CC(C)N(CCCO)CC(=O)Nc1ccc(F)cc1N. The van der Waals surface area contributed by atoms with Crippen LogP contribution in [0.2, 0.25) is 0 Å². The number of nitrogens with two attached hydrogens (primary N) is 1. The summed E-state index contributed by atoms with van der Waals surface area (Å²) in [5, 5.41) is 11.5. The Bertz CT molecular complexity index is 452. The van der Waals surface area contributed by atoms with Crippen molar-refractivity contribution < 1.29 is 14.3 Å². The van der Waals surface area contributed by atoms with E-state index in [1.807, 2.05) is 18.7 Å². The molecule has 1 amide bonds. The zero-order valence-electron chi connectivity index (χ0n) is 11.9. The molecular weight excluding hydrogens is 261 g/mol. The lowest BCUT2D eigenvalue weighted by Crippen LogP contribution is -2.39. The van der Waals surface area contributed by atoms with Gasteiger partial charge in [0.25, 0.3) is 0 Å². The van der Waals surface area contributed by atoms with Crippen LogP contribution in [0, 0.1) is 5.82 Å². The third-order valence-corrected chi connectivity index (χ3v) is 2.97. The summed E-state index contributed by atoms with van der Waals surface area (Å²) in [6.07, 6.45) is 0.615. The van der Waals surface area contributed by atoms with Gasteiger partial charge in [-0.05, 0) is 38.5 Å². The fraction of sp³-hybridized carbons (Fsp3) is 0.500. The maximum atomic E-state index is 12.9. The Morgan fingerprint density at radius 1 is 1.50 bits per heavy atom. The minimum atomic E-state index is -0.438. The fourth-order valence-electron chi connectivity index (χ4n) is 1.82. The van der Waals surface area contributed by atoms with E-state index in [1.54, 1.807) is 0 Å². The first-order valence-corrected chi connectivity index (χ1v) is 6.63. The van der Waals surface area contributed by atoms with Gasteiger partial charge in [-0.2, -0.15) is 0 Å². The number of aliphatic hydroxyl groups is 1. The summed E-state index contributed by atoms with van der Waals surface area (Å²) < 4.78 is 12.9. The molecule has 0 radical (unpaired) electrons. The molecule has 0 aromatic heterocycles. The molecule has 0 aliphatic carbocycles. The molecule has 1 aromatic rings. The van der Waals surface area contributed by atoms with E-state index in [4.69, 9.17) is 10.8 Å². The number of carbonyl (C=O) groups excluding carboxylic acids is 1. The number of nitrogens with zero attached hydrogens (tertiary/aromatic N) is 1. The Morgan fingerprint density at radius 2 is 2.20 bits per heavy atom. The van der Waals surface area contributed by atoms with Crippen molar-refractivity contribution in [2.45, 2.75) is 26.3 Å². The third-order valence-electron chi connectivity index (χ3n) is 2.97. The van der Waals surface area contributed by atoms with Gasteiger partial charge in [0.05, 0.1) is 17.9 Å². The van der Waals surface area contributed by atoms with Gasteiger partial charge in [-0.3, -0.25) is 9.69 Å². The number of halogens is 1. The maximum Gasteiger partial charge on any atom is 0.238 e.